The van der Waals surface area contributed by atoms with Crippen molar-refractivity contribution in [3.63, 3.8) is 0 Å². The summed E-state index contributed by atoms with van der Waals surface area (Å²) in [4.78, 5) is 14.3. The van der Waals surface area contributed by atoms with Crippen LogP contribution in [0.3, 0.4) is 0 Å². The smallest absolute Gasteiger partial charge is 0.261 e. The van der Waals surface area contributed by atoms with E-state index >= 15 is 0 Å². The summed E-state index contributed by atoms with van der Waals surface area (Å²) in [6.07, 6.45) is 4.88. The molecule has 5 nitrogen and oxygen atoms in total. The van der Waals surface area contributed by atoms with Crippen molar-refractivity contribution in [1.82, 2.24) is 15.1 Å². The van der Waals surface area contributed by atoms with Gasteiger partial charge in [-0.1, -0.05) is 18.2 Å². The van der Waals surface area contributed by atoms with Crippen LogP contribution in [0.15, 0.2) is 42.6 Å². The first-order valence-electron chi connectivity index (χ1n) is 7.31. The second kappa shape index (κ2) is 6.43. The highest BCUT2D eigenvalue weighted by Gasteiger charge is 2.28. The number of H-pyrrole nitrogens is 1. The van der Waals surface area contributed by atoms with E-state index in [1.807, 2.05) is 41.3 Å². The molecule has 1 saturated heterocycles. The molecule has 0 bridgehead atoms. The molecule has 1 aliphatic heterocycles. The van der Waals surface area contributed by atoms with Gasteiger partial charge in [0, 0.05) is 12.7 Å². The Morgan fingerprint density at radius 3 is 2.90 bits per heavy atom. The number of aromatic amines is 1. The first-order chi connectivity index (χ1) is 10.3. The number of nitrogens with one attached hydrogen (secondary N) is 1. The molecule has 2 heterocycles. The molecule has 0 saturated carbocycles. The van der Waals surface area contributed by atoms with Gasteiger partial charge in [-0.3, -0.25) is 9.89 Å². The average molecular weight is 285 g/mol. The normalized spacial score (nSPS) is 18.5. The van der Waals surface area contributed by atoms with Gasteiger partial charge in [-0.05, 0) is 37.5 Å². The minimum Gasteiger partial charge on any atom is -0.484 e. The van der Waals surface area contributed by atoms with Gasteiger partial charge in [-0.15, -0.1) is 0 Å². The second-order valence-electron chi connectivity index (χ2n) is 5.21. The third-order valence-corrected chi connectivity index (χ3v) is 3.81. The quantitative estimate of drug-likeness (QED) is 0.939. The van der Waals surface area contributed by atoms with Crippen molar-refractivity contribution < 1.29 is 9.53 Å². The molecule has 0 aliphatic carbocycles. The number of amides is 1. The number of ether oxygens (including phenoxy) is 1. The van der Waals surface area contributed by atoms with Gasteiger partial charge in [0.05, 0.1) is 11.7 Å². The number of piperidine rings is 1. The van der Waals surface area contributed by atoms with Gasteiger partial charge >= 0.3 is 0 Å². The first kappa shape index (κ1) is 13.7. The molecule has 1 atom stereocenters. The highest BCUT2D eigenvalue weighted by atomic mass is 16.5. The fourth-order valence-corrected chi connectivity index (χ4v) is 2.75. The van der Waals surface area contributed by atoms with Crippen molar-refractivity contribution in [3.05, 3.63) is 48.3 Å². The summed E-state index contributed by atoms with van der Waals surface area (Å²) in [6.45, 7) is 0.856. The topological polar surface area (TPSA) is 58.2 Å². The predicted octanol–water partition coefficient (Wildman–Crippen LogP) is 2.54. The summed E-state index contributed by atoms with van der Waals surface area (Å²) < 4.78 is 5.57. The minimum atomic E-state index is 0.0261. The third-order valence-electron chi connectivity index (χ3n) is 3.81. The van der Waals surface area contributed by atoms with Gasteiger partial charge in [-0.2, -0.15) is 5.10 Å². The molecule has 1 amide bonds. The van der Waals surface area contributed by atoms with Crippen molar-refractivity contribution in [2.45, 2.75) is 25.3 Å². The Balaban J connectivity index is 1.64. The van der Waals surface area contributed by atoms with E-state index in [0.717, 1.165) is 37.3 Å². The number of likely N-dealkylation sites (tertiary alicyclic amines) is 1. The van der Waals surface area contributed by atoms with E-state index in [2.05, 4.69) is 10.2 Å². The van der Waals surface area contributed by atoms with Crippen molar-refractivity contribution in [1.29, 1.82) is 0 Å². The van der Waals surface area contributed by atoms with Crippen molar-refractivity contribution in [2.75, 3.05) is 13.2 Å². The molecule has 1 N–H and O–H groups in total. The monoisotopic (exact) mass is 285 g/mol. The van der Waals surface area contributed by atoms with Gasteiger partial charge in [0.15, 0.2) is 6.61 Å². The van der Waals surface area contributed by atoms with Crippen LogP contribution >= 0.6 is 0 Å². The fourth-order valence-electron chi connectivity index (χ4n) is 2.75. The molecule has 2 aromatic rings. The van der Waals surface area contributed by atoms with Crippen molar-refractivity contribution in [2.24, 2.45) is 0 Å². The van der Waals surface area contributed by atoms with Gasteiger partial charge in [0.25, 0.3) is 5.91 Å². The molecule has 0 spiro atoms. The molecule has 1 fully saturated rings. The second-order valence-corrected chi connectivity index (χ2v) is 5.21. The Morgan fingerprint density at radius 2 is 2.14 bits per heavy atom. The van der Waals surface area contributed by atoms with Crippen LogP contribution in [0.4, 0.5) is 0 Å². The number of rotatable bonds is 4. The highest BCUT2D eigenvalue weighted by molar-refractivity contribution is 5.78. The summed E-state index contributed by atoms with van der Waals surface area (Å²) >= 11 is 0. The average Bonchev–Trinajstić information content (AvgIpc) is 3.08. The number of hydrogen-bond acceptors (Lipinski definition) is 3. The first-order valence-corrected chi connectivity index (χ1v) is 7.31. The molecule has 1 aromatic carbocycles. The molecular weight excluding hydrogens is 266 g/mol. The Hall–Kier alpha value is -2.30. The van der Waals surface area contributed by atoms with Gasteiger partial charge in [0.1, 0.15) is 5.75 Å². The SMILES string of the molecule is O=C(COc1ccccc1)N1CCCC[C@@H]1c1ccn[nH]1. The number of hydrogen-bond donors (Lipinski definition) is 1. The fraction of sp³-hybridized carbons (Fsp3) is 0.375. The Kier molecular flexibility index (Phi) is 4.19. The standard InChI is InChI=1S/C16H19N3O2/c20-16(12-21-13-6-2-1-3-7-13)19-11-5-4-8-15(19)14-9-10-17-18-14/h1-3,6-7,9-10,15H,4-5,8,11-12H2,(H,17,18)/t15-/m1/s1. The lowest BCUT2D eigenvalue weighted by molar-refractivity contribution is -0.137. The lowest BCUT2D eigenvalue weighted by Gasteiger charge is -2.35. The van der Waals surface area contributed by atoms with Gasteiger partial charge in [-0.25, -0.2) is 0 Å². The number of para-hydroxylation sites is 1. The lowest BCUT2D eigenvalue weighted by Crippen LogP contribution is -2.41. The summed E-state index contributed by atoms with van der Waals surface area (Å²) in [5.74, 6) is 0.749. The molecular formula is C16H19N3O2. The maximum Gasteiger partial charge on any atom is 0.261 e. The molecule has 3 rings (SSSR count). The molecule has 0 unspecified atom stereocenters. The van der Waals surface area contributed by atoms with Gasteiger partial charge in [0.2, 0.25) is 0 Å². The zero-order chi connectivity index (χ0) is 14.5. The maximum atomic E-state index is 12.4. The third kappa shape index (κ3) is 3.24. The molecule has 1 aliphatic rings. The van der Waals surface area contributed by atoms with Crippen LogP contribution in [-0.2, 0) is 4.79 Å². The van der Waals surface area contributed by atoms with Crippen LogP contribution in [-0.4, -0.2) is 34.2 Å². The van der Waals surface area contributed by atoms with E-state index in [9.17, 15) is 4.79 Å². The van der Waals surface area contributed by atoms with E-state index < -0.39 is 0 Å². The number of benzene rings is 1. The summed E-state index contributed by atoms with van der Waals surface area (Å²) in [5, 5.41) is 6.97. The van der Waals surface area contributed by atoms with Crippen molar-refractivity contribution in [3.8, 4) is 5.75 Å². The number of carbonyl (C=O) groups is 1. The summed E-state index contributed by atoms with van der Waals surface area (Å²) in [5.41, 5.74) is 1.00. The minimum absolute atomic E-state index is 0.0261. The highest BCUT2D eigenvalue weighted by Crippen LogP contribution is 2.29. The number of aromatic nitrogens is 2. The zero-order valence-electron chi connectivity index (χ0n) is 11.9. The Bertz CT molecular complexity index is 568. The van der Waals surface area contributed by atoms with E-state index in [-0.39, 0.29) is 18.6 Å². The Labute approximate surface area is 123 Å². The zero-order valence-corrected chi connectivity index (χ0v) is 11.9. The number of carbonyl (C=O) groups excluding carboxylic acids is 1. The van der Waals surface area contributed by atoms with Crippen LogP contribution in [0.2, 0.25) is 0 Å². The van der Waals surface area contributed by atoms with Gasteiger partial charge < -0.3 is 9.64 Å². The van der Waals surface area contributed by atoms with Crippen LogP contribution in [0.5, 0.6) is 5.75 Å². The van der Waals surface area contributed by atoms with Crippen LogP contribution in [0.1, 0.15) is 31.0 Å². The Morgan fingerprint density at radius 1 is 1.29 bits per heavy atom. The van der Waals surface area contributed by atoms with E-state index in [0.29, 0.717) is 0 Å². The molecule has 0 radical (unpaired) electrons. The van der Waals surface area contributed by atoms with E-state index in [1.165, 1.54) is 0 Å². The predicted molar refractivity (Wildman–Crippen MR) is 78.8 cm³/mol. The van der Waals surface area contributed by atoms with E-state index in [1.54, 1.807) is 6.20 Å². The molecule has 110 valence electrons. The van der Waals surface area contributed by atoms with E-state index in [4.69, 9.17) is 4.74 Å². The molecule has 21 heavy (non-hydrogen) atoms. The van der Waals surface area contributed by atoms with Crippen LogP contribution < -0.4 is 4.74 Å². The summed E-state index contributed by atoms with van der Waals surface area (Å²) in [7, 11) is 0. The van der Waals surface area contributed by atoms with Crippen molar-refractivity contribution >= 4 is 5.91 Å². The van der Waals surface area contributed by atoms with Crippen LogP contribution in [0.25, 0.3) is 0 Å². The maximum absolute atomic E-state index is 12.4. The number of nitrogens with zero attached hydrogens (tertiary/aromatic N) is 2. The van der Waals surface area contributed by atoms with Crippen LogP contribution in [0, 0.1) is 0 Å². The molecule has 1 aromatic heterocycles. The molecule has 5 heteroatoms. The lowest BCUT2D eigenvalue weighted by atomic mass is 9.99. The summed E-state index contributed by atoms with van der Waals surface area (Å²) in [6, 6.07) is 11.5. The largest absolute Gasteiger partial charge is 0.484 e.